The maximum atomic E-state index is 12.7. The molecule has 1 aromatic rings. The van der Waals surface area contributed by atoms with Crippen LogP contribution in [0.3, 0.4) is 0 Å². The summed E-state index contributed by atoms with van der Waals surface area (Å²) in [6, 6.07) is 3.78. The first-order valence-electron chi connectivity index (χ1n) is 7.67. The van der Waals surface area contributed by atoms with E-state index in [1.807, 2.05) is 20.8 Å². The van der Waals surface area contributed by atoms with E-state index in [1.54, 1.807) is 16.7 Å². The molecule has 2 amide bonds. The molecule has 0 aromatic heterocycles. The van der Waals surface area contributed by atoms with Crippen LogP contribution in [0.2, 0.25) is 0 Å². The third-order valence-electron chi connectivity index (χ3n) is 4.67. The van der Waals surface area contributed by atoms with Crippen LogP contribution in [0.4, 0.5) is 5.69 Å². The van der Waals surface area contributed by atoms with Crippen LogP contribution < -0.4 is 5.32 Å². The fraction of sp³-hybridized carbons (Fsp3) is 0.529. The van der Waals surface area contributed by atoms with Gasteiger partial charge in [0.25, 0.3) is 0 Å². The van der Waals surface area contributed by atoms with Crippen molar-refractivity contribution < 1.29 is 9.59 Å². The van der Waals surface area contributed by atoms with Gasteiger partial charge in [-0.05, 0) is 45.2 Å². The lowest BCUT2D eigenvalue weighted by molar-refractivity contribution is -0.135. The molecule has 1 aromatic carbocycles. The maximum absolute atomic E-state index is 12.7. The average Bonchev–Trinajstić information content (AvgIpc) is 2.91. The molecule has 0 unspecified atom stereocenters. The van der Waals surface area contributed by atoms with E-state index in [4.69, 9.17) is 0 Å². The van der Waals surface area contributed by atoms with Crippen LogP contribution in [0.1, 0.15) is 36.5 Å². The molecule has 5 heteroatoms. The van der Waals surface area contributed by atoms with Gasteiger partial charge in [0, 0.05) is 17.9 Å². The van der Waals surface area contributed by atoms with E-state index in [-0.39, 0.29) is 22.7 Å². The number of hydrogen-bond donors (Lipinski definition) is 1. The lowest BCUT2D eigenvalue weighted by atomic mass is 10.0. The number of nitrogens with one attached hydrogen (secondary N) is 1. The molecule has 0 aliphatic carbocycles. The van der Waals surface area contributed by atoms with E-state index < -0.39 is 0 Å². The number of aryl methyl sites for hydroxylation is 3. The van der Waals surface area contributed by atoms with Gasteiger partial charge in [-0.3, -0.25) is 9.59 Å². The van der Waals surface area contributed by atoms with Gasteiger partial charge in [0.15, 0.2) is 0 Å². The number of benzene rings is 1. The highest BCUT2D eigenvalue weighted by molar-refractivity contribution is 8.01. The largest absolute Gasteiger partial charge is 0.324 e. The number of carbonyl (C=O) groups excluding carboxylic acids is 2. The Morgan fingerprint density at radius 2 is 1.95 bits per heavy atom. The minimum absolute atomic E-state index is 0.0680. The van der Waals surface area contributed by atoms with Crippen molar-refractivity contribution in [3.05, 3.63) is 28.8 Å². The van der Waals surface area contributed by atoms with Gasteiger partial charge in [-0.2, -0.15) is 0 Å². The Balaban J connectivity index is 1.83. The second kappa shape index (κ2) is 5.30. The highest BCUT2D eigenvalue weighted by Crippen LogP contribution is 2.47. The summed E-state index contributed by atoms with van der Waals surface area (Å²) in [6.07, 6.45) is 1.39. The zero-order valence-electron chi connectivity index (χ0n) is 13.5. The van der Waals surface area contributed by atoms with Gasteiger partial charge >= 0.3 is 0 Å². The molecule has 0 saturated carbocycles. The van der Waals surface area contributed by atoms with E-state index >= 15 is 0 Å². The number of thioether (sulfide) groups is 1. The number of hydrogen-bond acceptors (Lipinski definition) is 3. The number of nitrogens with zero attached hydrogens (tertiary/aromatic N) is 1. The standard InChI is InChI=1S/C17H22N2O2S/c1-10-7-11(2)15(12(3)8-10)18-16(21)13-9-22-17(4)6-5-14(20)19(13)17/h7-8,13H,5-6,9H2,1-4H3,(H,18,21)/t13-,17+/m1/s1. The molecule has 2 atom stereocenters. The molecule has 2 saturated heterocycles. The van der Waals surface area contributed by atoms with Gasteiger partial charge in [0.2, 0.25) is 11.8 Å². The van der Waals surface area contributed by atoms with Crippen LogP contribution in [0.5, 0.6) is 0 Å². The first-order chi connectivity index (χ1) is 10.3. The Kier molecular flexibility index (Phi) is 3.71. The van der Waals surface area contributed by atoms with Gasteiger partial charge < -0.3 is 10.2 Å². The molecule has 0 bridgehead atoms. The number of anilines is 1. The maximum Gasteiger partial charge on any atom is 0.248 e. The Hall–Kier alpha value is -1.49. The number of fused-ring (bicyclic) bond motifs is 1. The third kappa shape index (κ3) is 2.41. The fourth-order valence-corrected chi connectivity index (χ4v) is 5.03. The normalized spacial score (nSPS) is 27.2. The minimum atomic E-state index is -0.356. The summed E-state index contributed by atoms with van der Waals surface area (Å²) >= 11 is 1.72. The van der Waals surface area contributed by atoms with Crippen molar-refractivity contribution in [3.8, 4) is 0 Å². The highest BCUT2D eigenvalue weighted by atomic mass is 32.2. The average molecular weight is 318 g/mol. The van der Waals surface area contributed by atoms with E-state index in [0.717, 1.165) is 23.2 Å². The third-order valence-corrected chi connectivity index (χ3v) is 6.18. The van der Waals surface area contributed by atoms with Gasteiger partial charge in [-0.1, -0.05) is 17.7 Å². The van der Waals surface area contributed by atoms with Crippen molar-refractivity contribution in [3.63, 3.8) is 0 Å². The number of carbonyl (C=O) groups is 2. The summed E-state index contributed by atoms with van der Waals surface area (Å²) in [6.45, 7) is 8.13. The van der Waals surface area contributed by atoms with Gasteiger partial charge in [0.1, 0.15) is 6.04 Å². The van der Waals surface area contributed by atoms with E-state index in [9.17, 15) is 9.59 Å². The molecule has 118 valence electrons. The summed E-state index contributed by atoms with van der Waals surface area (Å²) in [7, 11) is 0. The Morgan fingerprint density at radius 3 is 2.59 bits per heavy atom. The molecule has 1 N–H and O–H groups in total. The lowest BCUT2D eigenvalue weighted by Crippen LogP contribution is -2.48. The van der Waals surface area contributed by atoms with E-state index in [1.165, 1.54) is 5.56 Å². The second-order valence-electron chi connectivity index (χ2n) is 6.53. The van der Waals surface area contributed by atoms with Gasteiger partial charge in [-0.15, -0.1) is 11.8 Å². The number of rotatable bonds is 2. The van der Waals surface area contributed by atoms with E-state index in [2.05, 4.69) is 24.4 Å². The molecule has 2 aliphatic heterocycles. The van der Waals surface area contributed by atoms with E-state index in [0.29, 0.717) is 12.2 Å². The lowest BCUT2D eigenvalue weighted by Gasteiger charge is -2.30. The molecule has 4 nitrogen and oxygen atoms in total. The SMILES string of the molecule is Cc1cc(C)c(NC(=O)[C@H]2CS[C@@]3(C)CCC(=O)N23)c(C)c1. The summed E-state index contributed by atoms with van der Waals surface area (Å²) < 4.78 is 0. The Labute approximate surface area is 135 Å². The highest BCUT2D eigenvalue weighted by Gasteiger charge is 2.52. The molecular weight excluding hydrogens is 296 g/mol. The molecule has 22 heavy (non-hydrogen) atoms. The molecule has 2 fully saturated rings. The molecule has 2 aliphatic rings. The molecule has 0 radical (unpaired) electrons. The van der Waals surface area contributed by atoms with Gasteiger partial charge in [0.05, 0.1) is 4.87 Å². The summed E-state index contributed by atoms with van der Waals surface area (Å²) in [5.41, 5.74) is 4.19. The zero-order chi connectivity index (χ0) is 16.1. The van der Waals surface area contributed by atoms with Crippen molar-refractivity contribution in [1.29, 1.82) is 0 Å². The van der Waals surface area contributed by atoms with Crippen molar-refractivity contribution in [2.24, 2.45) is 0 Å². The Morgan fingerprint density at radius 1 is 1.32 bits per heavy atom. The van der Waals surface area contributed by atoms with Crippen molar-refractivity contribution in [1.82, 2.24) is 4.90 Å². The van der Waals surface area contributed by atoms with Crippen molar-refractivity contribution in [2.75, 3.05) is 11.1 Å². The molecular formula is C17H22N2O2S. The second-order valence-corrected chi connectivity index (χ2v) is 8.03. The number of amides is 2. The first kappa shape index (κ1) is 15.4. The van der Waals surface area contributed by atoms with Crippen molar-refractivity contribution in [2.45, 2.75) is 51.4 Å². The summed E-state index contributed by atoms with van der Waals surface area (Å²) in [5.74, 6) is 0.712. The first-order valence-corrected chi connectivity index (χ1v) is 8.65. The van der Waals surface area contributed by atoms with Crippen LogP contribution >= 0.6 is 11.8 Å². The van der Waals surface area contributed by atoms with Crippen LogP contribution in [0.15, 0.2) is 12.1 Å². The summed E-state index contributed by atoms with van der Waals surface area (Å²) in [4.78, 5) is 26.5. The van der Waals surface area contributed by atoms with Crippen LogP contribution in [-0.4, -0.2) is 33.4 Å². The Bertz CT molecular complexity index is 635. The predicted octanol–water partition coefficient (Wildman–Crippen LogP) is 3.00. The van der Waals surface area contributed by atoms with Crippen LogP contribution in [0.25, 0.3) is 0 Å². The molecule has 2 heterocycles. The topological polar surface area (TPSA) is 49.4 Å². The predicted molar refractivity (Wildman–Crippen MR) is 90.0 cm³/mol. The molecule has 0 spiro atoms. The minimum Gasteiger partial charge on any atom is -0.324 e. The molecule has 3 rings (SSSR count). The summed E-state index contributed by atoms with van der Waals surface area (Å²) in [5, 5.41) is 3.05. The van der Waals surface area contributed by atoms with Crippen molar-refractivity contribution >= 4 is 29.3 Å². The van der Waals surface area contributed by atoms with Crippen LogP contribution in [-0.2, 0) is 9.59 Å². The zero-order valence-corrected chi connectivity index (χ0v) is 14.3. The van der Waals surface area contributed by atoms with Crippen LogP contribution in [0, 0.1) is 20.8 Å². The fourth-order valence-electron chi connectivity index (χ4n) is 3.60. The van der Waals surface area contributed by atoms with Gasteiger partial charge in [-0.25, -0.2) is 0 Å². The monoisotopic (exact) mass is 318 g/mol. The quantitative estimate of drug-likeness (QED) is 0.912. The smallest absolute Gasteiger partial charge is 0.248 e.